The van der Waals surface area contributed by atoms with Crippen LogP contribution in [0.2, 0.25) is 0 Å². The Morgan fingerprint density at radius 1 is 1.43 bits per heavy atom. The highest BCUT2D eigenvalue weighted by Gasteiger charge is 2.25. The summed E-state index contributed by atoms with van der Waals surface area (Å²) in [5.74, 6) is -0.226. The van der Waals surface area contributed by atoms with Crippen LogP contribution in [-0.2, 0) is 5.11 Å². The summed E-state index contributed by atoms with van der Waals surface area (Å²) in [6, 6.07) is 0. The van der Waals surface area contributed by atoms with Gasteiger partial charge in [0.1, 0.15) is 0 Å². The van der Waals surface area contributed by atoms with E-state index in [1.807, 2.05) is 0 Å². The monoisotopic (exact) mass is 141 g/mol. The van der Waals surface area contributed by atoms with Gasteiger partial charge in [-0.25, -0.2) is 0 Å². The van der Waals surface area contributed by atoms with E-state index in [2.05, 4.69) is 0 Å². The van der Waals surface area contributed by atoms with Crippen LogP contribution in [0, 0.1) is 5.92 Å². The molecule has 0 atom stereocenters. The highest BCUT2D eigenvalue weighted by atomic mass is 35.5. The van der Waals surface area contributed by atoms with Crippen LogP contribution in [0.3, 0.4) is 0 Å². The summed E-state index contributed by atoms with van der Waals surface area (Å²) in [5.41, 5.74) is 0. The van der Waals surface area contributed by atoms with Crippen LogP contribution in [0.5, 0.6) is 0 Å². The molecule has 0 amide bonds. The maximum Gasteiger partial charge on any atom is 0.252 e. The Kier molecular flexibility index (Phi) is 2.38. The maximum atomic E-state index is 10.3. The largest absolute Gasteiger partial charge is 0.252 e. The first-order valence-electron chi connectivity index (χ1n) is 2.03. The molecule has 0 aliphatic rings. The zero-order valence-electron chi connectivity index (χ0n) is 4.24. The summed E-state index contributed by atoms with van der Waals surface area (Å²) in [5, 5.41) is 10.3. The Morgan fingerprint density at radius 2 is 1.57 bits per heavy atom. The molecule has 3 heteroatoms. The van der Waals surface area contributed by atoms with Crippen LogP contribution in [-0.4, -0.2) is 4.52 Å². The van der Waals surface area contributed by atoms with Crippen LogP contribution < -0.4 is 0 Å². The van der Waals surface area contributed by atoms with Crippen LogP contribution in [0.1, 0.15) is 13.8 Å². The third-order valence-electron chi connectivity index (χ3n) is 0.672. The van der Waals surface area contributed by atoms with Crippen LogP contribution in [0.15, 0.2) is 0 Å². The van der Waals surface area contributed by atoms with E-state index in [0.717, 1.165) is 0 Å². The quantitative estimate of drug-likeness (QED) is 0.500. The molecule has 0 aromatic rings. The van der Waals surface area contributed by atoms with Gasteiger partial charge < -0.3 is 0 Å². The lowest BCUT2D eigenvalue weighted by atomic mass is 10.2. The summed E-state index contributed by atoms with van der Waals surface area (Å²) in [7, 11) is 0. The summed E-state index contributed by atoms with van der Waals surface area (Å²) >= 11 is 10.2. The summed E-state index contributed by atoms with van der Waals surface area (Å²) in [6.07, 6.45) is 0. The molecule has 0 fully saturated rings. The fourth-order valence-corrected chi connectivity index (χ4v) is 0. The van der Waals surface area contributed by atoms with E-state index in [4.69, 9.17) is 23.2 Å². The van der Waals surface area contributed by atoms with Gasteiger partial charge in [0, 0.05) is 5.92 Å². The molecule has 0 spiro atoms. The minimum Gasteiger partial charge on any atom is -0.193 e. The first kappa shape index (κ1) is 7.54. The minimum absolute atomic E-state index is 0.226. The van der Waals surface area contributed by atoms with Gasteiger partial charge in [-0.15, -0.1) is 0 Å². The van der Waals surface area contributed by atoms with Crippen molar-refractivity contribution in [2.24, 2.45) is 5.92 Å². The fraction of sp³-hybridized carbons (Fsp3) is 1.00. The smallest absolute Gasteiger partial charge is 0.193 e. The van der Waals surface area contributed by atoms with Gasteiger partial charge in [0.05, 0.1) is 0 Å². The lowest BCUT2D eigenvalue weighted by Crippen LogP contribution is -2.16. The molecule has 0 N–H and O–H groups in total. The molecule has 0 aliphatic heterocycles. The van der Waals surface area contributed by atoms with Crippen molar-refractivity contribution in [1.82, 2.24) is 0 Å². The molecule has 0 rings (SSSR count). The standard InChI is InChI=1S/C4H7Cl2O/c1-3(2)4(5,6)7/h3H,1-2H3. The van der Waals surface area contributed by atoms with Crippen LogP contribution >= 0.6 is 23.2 Å². The van der Waals surface area contributed by atoms with Crippen LogP contribution in [0.4, 0.5) is 0 Å². The van der Waals surface area contributed by atoms with Crippen molar-refractivity contribution >= 4 is 23.2 Å². The molecule has 0 aliphatic carbocycles. The van der Waals surface area contributed by atoms with Gasteiger partial charge in [-0.05, 0) is 0 Å². The Hall–Kier alpha value is 0.540. The van der Waals surface area contributed by atoms with Gasteiger partial charge in [0.15, 0.2) is 0 Å². The SMILES string of the molecule is CC(C)C([O])(Cl)Cl. The predicted octanol–water partition coefficient (Wildman–Crippen LogP) is 2.20. The Labute approximate surface area is 53.2 Å². The van der Waals surface area contributed by atoms with Gasteiger partial charge in [0.2, 0.25) is 0 Å². The van der Waals surface area contributed by atoms with Gasteiger partial charge in [-0.2, -0.15) is 5.11 Å². The molecule has 0 unspecified atom stereocenters. The van der Waals surface area contributed by atoms with Crippen molar-refractivity contribution < 1.29 is 5.11 Å². The second-order valence-electron chi connectivity index (χ2n) is 1.72. The normalized spacial score (nSPS) is 12.9. The van der Waals surface area contributed by atoms with Crippen molar-refractivity contribution in [2.45, 2.75) is 18.4 Å². The molecule has 0 saturated heterocycles. The number of alkyl halides is 2. The second kappa shape index (κ2) is 2.21. The topological polar surface area (TPSA) is 19.9 Å². The molecule has 0 aromatic carbocycles. The molecule has 7 heavy (non-hydrogen) atoms. The zero-order valence-corrected chi connectivity index (χ0v) is 5.75. The molecular weight excluding hydrogens is 135 g/mol. The third-order valence-corrected chi connectivity index (χ3v) is 1.55. The first-order chi connectivity index (χ1) is 2.94. The van der Waals surface area contributed by atoms with Crippen molar-refractivity contribution in [3.05, 3.63) is 0 Å². The molecule has 1 nitrogen and oxygen atoms in total. The van der Waals surface area contributed by atoms with Gasteiger partial charge in [0.25, 0.3) is 4.52 Å². The van der Waals surface area contributed by atoms with Gasteiger partial charge in [-0.3, -0.25) is 0 Å². The average molecular weight is 142 g/mol. The number of halogens is 2. The Balaban J connectivity index is 3.54. The van der Waals surface area contributed by atoms with E-state index in [1.165, 1.54) is 0 Å². The Morgan fingerprint density at radius 3 is 1.57 bits per heavy atom. The highest BCUT2D eigenvalue weighted by Crippen LogP contribution is 2.26. The first-order valence-corrected chi connectivity index (χ1v) is 2.78. The third kappa shape index (κ3) is 3.15. The maximum absolute atomic E-state index is 10.3. The molecule has 43 valence electrons. The van der Waals surface area contributed by atoms with Crippen LogP contribution in [0.25, 0.3) is 0 Å². The summed E-state index contributed by atoms with van der Waals surface area (Å²) < 4.78 is -1.81. The molecule has 0 heterocycles. The van der Waals surface area contributed by atoms with Crippen molar-refractivity contribution in [3.8, 4) is 0 Å². The molecular formula is C4H7Cl2O. The molecule has 0 aromatic heterocycles. The van der Waals surface area contributed by atoms with Crippen molar-refractivity contribution in [2.75, 3.05) is 0 Å². The number of hydrogen-bond donors (Lipinski definition) is 0. The molecule has 0 bridgehead atoms. The number of rotatable bonds is 1. The van der Waals surface area contributed by atoms with Crippen molar-refractivity contribution in [1.29, 1.82) is 0 Å². The molecule has 0 saturated carbocycles. The lowest BCUT2D eigenvalue weighted by molar-refractivity contribution is 0.0809. The van der Waals surface area contributed by atoms with E-state index in [1.54, 1.807) is 13.8 Å². The van der Waals surface area contributed by atoms with E-state index in [9.17, 15) is 5.11 Å². The van der Waals surface area contributed by atoms with E-state index >= 15 is 0 Å². The second-order valence-corrected chi connectivity index (χ2v) is 3.03. The van der Waals surface area contributed by atoms with Gasteiger partial charge >= 0.3 is 0 Å². The predicted molar refractivity (Wildman–Crippen MR) is 30.0 cm³/mol. The summed E-state index contributed by atoms with van der Waals surface area (Å²) in [4.78, 5) is 0. The zero-order chi connectivity index (χ0) is 6.08. The van der Waals surface area contributed by atoms with E-state index < -0.39 is 4.52 Å². The minimum atomic E-state index is -1.81. The average Bonchev–Trinajstić information content (AvgIpc) is 1.31. The number of hydrogen-bond acceptors (Lipinski definition) is 0. The van der Waals surface area contributed by atoms with Gasteiger partial charge in [-0.1, -0.05) is 37.0 Å². The van der Waals surface area contributed by atoms with E-state index in [-0.39, 0.29) is 5.92 Å². The lowest BCUT2D eigenvalue weighted by Gasteiger charge is -2.11. The van der Waals surface area contributed by atoms with Crippen molar-refractivity contribution in [3.63, 3.8) is 0 Å². The fourth-order valence-electron chi connectivity index (χ4n) is 0. The molecule has 1 radical (unpaired) electrons. The summed E-state index contributed by atoms with van der Waals surface area (Å²) in [6.45, 7) is 3.35. The van der Waals surface area contributed by atoms with E-state index in [0.29, 0.717) is 0 Å². The highest BCUT2D eigenvalue weighted by molar-refractivity contribution is 6.47. The Bertz CT molecular complexity index is 55.2.